The van der Waals surface area contributed by atoms with Gasteiger partial charge in [0.05, 0.1) is 35.1 Å². The zero-order chi connectivity index (χ0) is 25.2. The molecule has 0 amide bonds. The monoisotopic (exact) mass is 498 g/mol. The predicted octanol–water partition coefficient (Wildman–Crippen LogP) is 4.35. The number of thiazole rings is 1. The molecule has 1 atom stereocenters. The molecule has 36 heavy (non-hydrogen) atoms. The lowest BCUT2D eigenvalue weighted by atomic mass is 9.91. The lowest BCUT2D eigenvalue weighted by Gasteiger charge is -2.25. The Morgan fingerprint density at radius 2 is 1.78 bits per heavy atom. The van der Waals surface area contributed by atoms with E-state index in [0.29, 0.717) is 33.0 Å². The zero-order valence-corrected chi connectivity index (χ0v) is 21.2. The summed E-state index contributed by atoms with van der Waals surface area (Å²) in [6.07, 6.45) is 1.83. The van der Waals surface area contributed by atoms with Crippen molar-refractivity contribution in [1.29, 1.82) is 0 Å². The number of nitrogens with zero attached hydrogens (tertiary/aromatic N) is 2. The molecule has 0 fully saturated rings. The largest absolute Gasteiger partial charge is 0.493 e. The van der Waals surface area contributed by atoms with Crippen molar-refractivity contribution >= 4 is 34.2 Å². The van der Waals surface area contributed by atoms with Gasteiger partial charge < -0.3 is 9.47 Å². The molecule has 0 saturated carbocycles. The summed E-state index contributed by atoms with van der Waals surface area (Å²) in [6.45, 7) is 6.25. The Bertz CT molecular complexity index is 1670. The molecule has 1 aromatic heterocycles. The van der Waals surface area contributed by atoms with E-state index in [1.54, 1.807) is 18.4 Å². The van der Waals surface area contributed by atoms with Crippen LogP contribution in [-0.4, -0.2) is 23.8 Å². The van der Waals surface area contributed by atoms with Crippen LogP contribution in [0.25, 0.3) is 16.8 Å². The number of rotatable bonds is 6. The Balaban J connectivity index is 1.79. The molecule has 0 N–H and O–H groups in total. The molecule has 4 aromatic rings. The molecule has 0 saturated heterocycles. The van der Waals surface area contributed by atoms with Gasteiger partial charge in [0.1, 0.15) is 5.75 Å². The van der Waals surface area contributed by atoms with E-state index in [0.717, 1.165) is 21.9 Å². The summed E-state index contributed by atoms with van der Waals surface area (Å²) in [5.41, 5.74) is 2.38. The van der Waals surface area contributed by atoms with Crippen LogP contribution < -0.4 is 19.6 Å². The van der Waals surface area contributed by atoms with Gasteiger partial charge in [-0.3, -0.25) is 9.36 Å². The summed E-state index contributed by atoms with van der Waals surface area (Å²) >= 11 is 1.30. The molecule has 5 rings (SSSR count). The van der Waals surface area contributed by atoms with Crippen LogP contribution in [0.4, 0.5) is 0 Å². The van der Waals surface area contributed by atoms with Crippen molar-refractivity contribution in [3.05, 3.63) is 109 Å². The van der Waals surface area contributed by atoms with Crippen LogP contribution in [0, 0.1) is 0 Å². The van der Waals surface area contributed by atoms with Gasteiger partial charge in [0.25, 0.3) is 5.56 Å². The molecule has 7 heteroatoms. The Kier molecular flexibility index (Phi) is 6.57. The summed E-state index contributed by atoms with van der Waals surface area (Å²) in [5, 5.41) is 2.00. The van der Waals surface area contributed by atoms with Gasteiger partial charge in [-0.2, -0.15) is 0 Å². The van der Waals surface area contributed by atoms with E-state index in [-0.39, 0.29) is 12.2 Å². The minimum atomic E-state index is -0.657. The molecule has 6 nitrogen and oxygen atoms in total. The number of carbonyl (C=O) groups is 1. The maximum absolute atomic E-state index is 13.9. The first-order valence-electron chi connectivity index (χ1n) is 11.9. The molecule has 0 radical (unpaired) electrons. The van der Waals surface area contributed by atoms with Crippen LogP contribution in [-0.2, 0) is 9.53 Å². The second-order valence-corrected chi connectivity index (χ2v) is 9.35. The van der Waals surface area contributed by atoms with Crippen LogP contribution in [0.1, 0.15) is 37.9 Å². The molecular formula is C29H26N2O4S. The van der Waals surface area contributed by atoms with E-state index < -0.39 is 12.0 Å². The van der Waals surface area contributed by atoms with Crippen molar-refractivity contribution in [3.8, 4) is 5.75 Å². The second kappa shape index (κ2) is 9.95. The van der Waals surface area contributed by atoms with E-state index in [2.05, 4.69) is 4.99 Å². The standard InChI is InChI=1S/C29H26N2O4S/c1-4-34-23-16-9-7-12-20(23)17-24-27(32)31-26(22-15-10-13-19-11-6-8-14-21(19)22)25(28(33)35-5-2)18(3)30-29(31)36-24/h6-17,26H,4-5H2,1-3H3. The maximum Gasteiger partial charge on any atom is 0.338 e. The van der Waals surface area contributed by atoms with Gasteiger partial charge in [0.2, 0.25) is 0 Å². The minimum absolute atomic E-state index is 0.211. The smallest absolute Gasteiger partial charge is 0.338 e. The average molecular weight is 499 g/mol. The van der Waals surface area contributed by atoms with Gasteiger partial charge in [-0.15, -0.1) is 0 Å². The highest BCUT2D eigenvalue weighted by Crippen LogP contribution is 2.34. The summed E-state index contributed by atoms with van der Waals surface area (Å²) in [6, 6.07) is 20.9. The molecule has 0 bridgehead atoms. The molecule has 2 heterocycles. The second-order valence-electron chi connectivity index (χ2n) is 8.34. The quantitative estimate of drug-likeness (QED) is 0.371. The first-order chi connectivity index (χ1) is 17.5. The first kappa shape index (κ1) is 23.8. The van der Waals surface area contributed by atoms with Crippen LogP contribution in [0.5, 0.6) is 5.75 Å². The Morgan fingerprint density at radius 3 is 2.58 bits per heavy atom. The minimum Gasteiger partial charge on any atom is -0.493 e. The number of aromatic nitrogens is 1. The number of allylic oxidation sites excluding steroid dienone is 1. The molecule has 1 aliphatic rings. The number of benzene rings is 3. The van der Waals surface area contributed by atoms with Crippen molar-refractivity contribution in [1.82, 2.24) is 4.57 Å². The lowest BCUT2D eigenvalue weighted by molar-refractivity contribution is -0.139. The highest BCUT2D eigenvalue weighted by atomic mass is 32.1. The number of ether oxygens (including phenoxy) is 2. The Hall–Kier alpha value is -3.97. The lowest BCUT2D eigenvalue weighted by Crippen LogP contribution is -2.40. The summed E-state index contributed by atoms with van der Waals surface area (Å²) in [4.78, 5) is 32.3. The summed E-state index contributed by atoms with van der Waals surface area (Å²) in [7, 11) is 0. The molecule has 182 valence electrons. The van der Waals surface area contributed by atoms with Crippen LogP contribution in [0.3, 0.4) is 0 Å². The van der Waals surface area contributed by atoms with Gasteiger partial charge in [-0.25, -0.2) is 9.79 Å². The topological polar surface area (TPSA) is 69.9 Å². The third-order valence-electron chi connectivity index (χ3n) is 6.14. The van der Waals surface area contributed by atoms with Crippen LogP contribution in [0.2, 0.25) is 0 Å². The SMILES string of the molecule is CCOC(=O)C1=C(C)N=c2sc(=Cc3ccccc3OCC)c(=O)n2C1c1cccc2ccccc12. The number of hydrogen-bond donors (Lipinski definition) is 0. The van der Waals surface area contributed by atoms with Crippen molar-refractivity contribution in [3.63, 3.8) is 0 Å². The van der Waals surface area contributed by atoms with E-state index in [4.69, 9.17) is 9.47 Å². The fourth-order valence-electron chi connectivity index (χ4n) is 4.60. The molecule has 0 spiro atoms. The van der Waals surface area contributed by atoms with E-state index in [1.807, 2.05) is 79.7 Å². The highest BCUT2D eigenvalue weighted by molar-refractivity contribution is 7.07. The normalized spacial score (nSPS) is 15.5. The average Bonchev–Trinajstić information content (AvgIpc) is 3.18. The molecule has 3 aromatic carbocycles. The molecular weight excluding hydrogens is 472 g/mol. The number of carbonyl (C=O) groups excluding carboxylic acids is 1. The van der Waals surface area contributed by atoms with Crippen LogP contribution in [0.15, 0.2) is 87.8 Å². The van der Waals surface area contributed by atoms with Crippen molar-refractivity contribution < 1.29 is 14.3 Å². The first-order valence-corrected chi connectivity index (χ1v) is 12.7. The van der Waals surface area contributed by atoms with Gasteiger partial charge in [-0.1, -0.05) is 72.0 Å². The van der Waals surface area contributed by atoms with Gasteiger partial charge in [0.15, 0.2) is 4.80 Å². The molecule has 1 unspecified atom stereocenters. The van der Waals surface area contributed by atoms with Gasteiger partial charge >= 0.3 is 5.97 Å². The van der Waals surface area contributed by atoms with Crippen molar-refractivity contribution in [2.75, 3.05) is 13.2 Å². The summed E-state index contributed by atoms with van der Waals surface area (Å²) < 4.78 is 13.3. The molecule has 1 aliphatic heterocycles. The number of para-hydroxylation sites is 1. The van der Waals surface area contributed by atoms with E-state index >= 15 is 0 Å². The zero-order valence-electron chi connectivity index (χ0n) is 20.4. The van der Waals surface area contributed by atoms with Crippen molar-refractivity contribution in [2.45, 2.75) is 26.8 Å². The maximum atomic E-state index is 13.9. The molecule has 0 aliphatic carbocycles. The van der Waals surface area contributed by atoms with Gasteiger partial charge in [-0.05, 0) is 49.2 Å². The number of hydrogen-bond acceptors (Lipinski definition) is 6. The predicted molar refractivity (Wildman–Crippen MR) is 142 cm³/mol. The van der Waals surface area contributed by atoms with Gasteiger partial charge in [0, 0.05) is 5.56 Å². The Labute approximate surface area is 212 Å². The number of fused-ring (bicyclic) bond motifs is 2. The fraction of sp³-hybridized carbons (Fsp3) is 0.207. The summed E-state index contributed by atoms with van der Waals surface area (Å²) in [5.74, 6) is 0.243. The van der Waals surface area contributed by atoms with E-state index in [9.17, 15) is 9.59 Å². The third-order valence-corrected chi connectivity index (χ3v) is 7.12. The fourth-order valence-corrected chi connectivity index (χ4v) is 5.64. The Morgan fingerprint density at radius 1 is 1.03 bits per heavy atom. The highest BCUT2D eigenvalue weighted by Gasteiger charge is 2.34. The third kappa shape index (κ3) is 4.16. The number of esters is 1. The van der Waals surface area contributed by atoms with Crippen molar-refractivity contribution in [2.24, 2.45) is 4.99 Å². The van der Waals surface area contributed by atoms with E-state index in [1.165, 1.54) is 11.3 Å². The van der Waals surface area contributed by atoms with Crippen LogP contribution >= 0.6 is 11.3 Å².